The summed E-state index contributed by atoms with van der Waals surface area (Å²) in [4.78, 5) is 23.6. The highest BCUT2D eigenvalue weighted by molar-refractivity contribution is 6.30. The summed E-state index contributed by atoms with van der Waals surface area (Å²) < 4.78 is 4.22. The van der Waals surface area contributed by atoms with Crippen molar-refractivity contribution in [2.75, 3.05) is 24.5 Å². The Morgan fingerprint density at radius 3 is 2.55 bits per heavy atom. The molecule has 0 saturated heterocycles. The Bertz CT molecular complexity index is 1580. The Labute approximate surface area is 227 Å². The van der Waals surface area contributed by atoms with E-state index in [9.17, 15) is 4.79 Å². The summed E-state index contributed by atoms with van der Waals surface area (Å²) in [6.45, 7) is 13.4. The van der Waals surface area contributed by atoms with Crippen LogP contribution in [0.15, 0.2) is 42.6 Å². The number of halogens is 1. The molecule has 2 aliphatic heterocycles. The lowest BCUT2D eigenvalue weighted by Crippen LogP contribution is -2.31. The molecule has 3 aromatic heterocycles. The van der Waals surface area contributed by atoms with Crippen LogP contribution in [0.5, 0.6) is 0 Å². The van der Waals surface area contributed by atoms with Gasteiger partial charge in [0.1, 0.15) is 17.7 Å². The largest absolute Gasteiger partial charge is 0.323 e. The number of hydrogen-bond acceptors (Lipinski definition) is 5. The quantitative estimate of drug-likeness (QED) is 0.335. The second-order valence-corrected chi connectivity index (χ2v) is 10.9. The Morgan fingerprint density at radius 2 is 1.89 bits per heavy atom. The highest BCUT2D eigenvalue weighted by Crippen LogP contribution is 2.44. The van der Waals surface area contributed by atoms with Gasteiger partial charge in [-0.1, -0.05) is 36.7 Å². The fourth-order valence-electron chi connectivity index (χ4n) is 5.77. The first kappa shape index (κ1) is 24.8. The van der Waals surface area contributed by atoms with Gasteiger partial charge in [-0.25, -0.2) is 4.98 Å². The number of pyridine rings is 1. The van der Waals surface area contributed by atoms with Gasteiger partial charge >= 0.3 is 0 Å². The summed E-state index contributed by atoms with van der Waals surface area (Å²) >= 11 is 6.28. The van der Waals surface area contributed by atoms with E-state index in [1.165, 1.54) is 5.57 Å². The molecule has 2 aliphatic rings. The normalized spacial score (nSPS) is 18.1. The molecule has 0 aliphatic carbocycles. The number of rotatable bonds is 5. The summed E-state index contributed by atoms with van der Waals surface area (Å²) in [5, 5.41) is 9.20. The number of likely N-dealkylation sites (N-methyl/N-ethyl adjacent to an activating group) is 1. The third-order valence-corrected chi connectivity index (χ3v) is 7.99. The van der Waals surface area contributed by atoms with E-state index < -0.39 is 0 Å². The number of amides is 1. The minimum Gasteiger partial charge on any atom is -0.323 e. The van der Waals surface area contributed by atoms with Crippen molar-refractivity contribution in [2.45, 2.75) is 53.1 Å². The average molecular weight is 530 g/mol. The lowest BCUT2D eigenvalue weighted by Gasteiger charge is -2.30. The van der Waals surface area contributed by atoms with Crippen LogP contribution in [0.2, 0.25) is 5.02 Å². The molecule has 1 unspecified atom stereocenters. The SMILES string of the molecule is CCN1CC=C(c2nc3c(n2C(C)C)C(c2ccc(Cl)cc2)N(c2cc(C)c4nnc(C)n4c2)C3=O)CC1. The van der Waals surface area contributed by atoms with E-state index in [2.05, 4.69) is 46.5 Å². The van der Waals surface area contributed by atoms with Crippen LogP contribution >= 0.6 is 11.6 Å². The predicted octanol–water partition coefficient (Wildman–Crippen LogP) is 5.64. The molecule has 196 valence electrons. The van der Waals surface area contributed by atoms with Crippen LogP contribution in [0.25, 0.3) is 11.2 Å². The molecule has 1 atom stereocenters. The van der Waals surface area contributed by atoms with Crippen molar-refractivity contribution in [2.24, 2.45) is 0 Å². The lowest BCUT2D eigenvalue weighted by molar-refractivity contribution is 0.0989. The number of aryl methyl sites for hydroxylation is 2. The molecular weight excluding hydrogens is 498 g/mol. The molecule has 4 aromatic rings. The van der Waals surface area contributed by atoms with Gasteiger partial charge in [-0.15, -0.1) is 10.2 Å². The van der Waals surface area contributed by atoms with Gasteiger partial charge in [0.05, 0.1) is 11.4 Å². The highest BCUT2D eigenvalue weighted by Gasteiger charge is 2.45. The van der Waals surface area contributed by atoms with Crippen LogP contribution in [0.3, 0.4) is 0 Å². The topological polar surface area (TPSA) is 71.6 Å². The molecular formula is C29H32ClN7O. The number of aromatic nitrogens is 5. The molecule has 8 nitrogen and oxygen atoms in total. The van der Waals surface area contributed by atoms with E-state index in [-0.39, 0.29) is 18.0 Å². The second-order valence-electron chi connectivity index (χ2n) is 10.5. The van der Waals surface area contributed by atoms with Gasteiger partial charge in [0, 0.05) is 30.4 Å². The van der Waals surface area contributed by atoms with Gasteiger partial charge in [0.25, 0.3) is 5.91 Å². The molecule has 1 amide bonds. The number of carbonyl (C=O) groups is 1. The van der Waals surface area contributed by atoms with Gasteiger partial charge in [-0.05, 0) is 75.6 Å². The smallest absolute Gasteiger partial charge is 0.279 e. The van der Waals surface area contributed by atoms with Crippen molar-refractivity contribution in [3.8, 4) is 0 Å². The van der Waals surface area contributed by atoms with Crippen LogP contribution < -0.4 is 4.90 Å². The van der Waals surface area contributed by atoms with Crippen LogP contribution in [0.1, 0.15) is 78.2 Å². The molecule has 38 heavy (non-hydrogen) atoms. The third-order valence-electron chi connectivity index (χ3n) is 7.74. The number of fused-ring (bicyclic) bond motifs is 2. The van der Waals surface area contributed by atoms with Crippen molar-refractivity contribution in [1.82, 2.24) is 29.0 Å². The first-order valence-corrected chi connectivity index (χ1v) is 13.6. The Hall–Kier alpha value is -3.49. The van der Waals surface area contributed by atoms with Gasteiger partial charge in [-0.3, -0.25) is 19.0 Å². The van der Waals surface area contributed by atoms with Crippen molar-refractivity contribution in [1.29, 1.82) is 0 Å². The highest BCUT2D eigenvalue weighted by atomic mass is 35.5. The maximum Gasteiger partial charge on any atom is 0.279 e. The molecule has 6 rings (SSSR count). The minimum absolute atomic E-state index is 0.100. The monoisotopic (exact) mass is 529 g/mol. The zero-order valence-corrected chi connectivity index (χ0v) is 23.2. The van der Waals surface area contributed by atoms with Gasteiger partial charge < -0.3 is 4.57 Å². The van der Waals surface area contributed by atoms with Crippen molar-refractivity contribution in [3.05, 3.63) is 81.8 Å². The number of hydrogen-bond donors (Lipinski definition) is 0. The predicted molar refractivity (Wildman–Crippen MR) is 150 cm³/mol. The number of imidazole rings is 1. The van der Waals surface area contributed by atoms with Gasteiger partial charge in [0.2, 0.25) is 0 Å². The Balaban J connectivity index is 1.56. The molecule has 0 saturated carbocycles. The maximum atomic E-state index is 14.2. The van der Waals surface area contributed by atoms with Gasteiger partial charge in [0.15, 0.2) is 11.3 Å². The molecule has 1 aromatic carbocycles. The fourth-order valence-corrected chi connectivity index (χ4v) is 5.89. The lowest BCUT2D eigenvalue weighted by atomic mass is 10.0. The molecule has 0 fully saturated rings. The number of benzene rings is 1. The number of nitrogens with zero attached hydrogens (tertiary/aromatic N) is 7. The zero-order valence-electron chi connectivity index (χ0n) is 22.4. The summed E-state index contributed by atoms with van der Waals surface area (Å²) in [6, 6.07) is 9.58. The van der Waals surface area contributed by atoms with Crippen LogP contribution in [0.4, 0.5) is 5.69 Å². The first-order chi connectivity index (χ1) is 18.3. The minimum atomic E-state index is -0.344. The summed E-state index contributed by atoms with van der Waals surface area (Å²) in [6.07, 6.45) is 5.14. The second kappa shape index (κ2) is 9.36. The van der Waals surface area contributed by atoms with E-state index in [1.807, 2.05) is 59.7 Å². The van der Waals surface area contributed by atoms with E-state index >= 15 is 0 Å². The molecule has 0 spiro atoms. The van der Waals surface area contributed by atoms with Crippen molar-refractivity contribution < 1.29 is 4.79 Å². The van der Waals surface area contributed by atoms with E-state index in [4.69, 9.17) is 16.6 Å². The molecule has 0 bridgehead atoms. The summed E-state index contributed by atoms with van der Waals surface area (Å²) in [5.41, 5.74) is 6.18. The molecule has 0 radical (unpaired) electrons. The Morgan fingerprint density at radius 1 is 1.13 bits per heavy atom. The van der Waals surface area contributed by atoms with E-state index in [1.54, 1.807) is 0 Å². The van der Waals surface area contributed by atoms with E-state index in [0.717, 1.165) is 65.9 Å². The number of carbonyl (C=O) groups excluding carboxylic acids is 1. The zero-order chi connectivity index (χ0) is 26.7. The van der Waals surface area contributed by atoms with Crippen molar-refractivity contribution in [3.63, 3.8) is 0 Å². The third kappa shape index (κ3) is 3.85. The molecule has 9 heteroatoms. The fraction of sp³-hybridized carbons (Fsp3) is 0.379. The molecule has 5 heterocycles. The molecule has 0 N–H and O–H groups in total. The van der Waals surface area contributed by atoms with Crippen LogP contribution in [-0.2, 0) is 0 Å². The average Bonchev–Trinajstić information content (AvgIpc) is 3.56. The van der Waals surface area contributed by atoms with Gasteiger partial charge in [-0.2, -0.15) is 0 Å². The number of anilines is 1. The summed E-state index contributed by atoms with van der Waals surface area (Å²) in [7, 11) is 0. The summed E-state index contributed by atoms with van der Waals surface area (Å²) in [5.74, 6) is 1.58. The Kier molecular flexibility index (Phi) is 6.12. The first-order valence-electron chi connectivity index (χ1n) is 13.2. The van der Waals surface area contributed by atoms with Crippen LogP contribution in [0, 0.1) is 13.8 Å². The maximum absolute atomic E-state index is 14.2. The van der Waals surface area contributed by atoms with E-state index in [0.29, 0.717) is 10.7 Å². The standard InChI is InChI=1S/C29H32ClN7O/c1-6-34-13-11-21(12-14-34)28-31-24-26(36(28)17(2)3)25(20-7-9-22(30)10-8-20)37(29(24)38)23-15-18(4)27-33-32-19(5)35(27)16-23/h7-11,15-17,25H,6,12-14H2,1-5H3. The van der Waals surface area contributed by atoms with Crippen LogP contribution in [-0.4, -0.2) is 54.6 Å². The van der Waals surface area contributed by atoms with Crippen molar-refractivity contribution >= 4 is 34.4 Å².